The van der Waals surface area contributed by atoms with Gasteiger partial charge in [-0.3, -0.25) is 4.68 Å². The zero-order valence-corrected chi connectivity index (χ0v) is 13.4. The van der Waals surface area contributed by atoms with Crippen LogP contribution in [0, 0.1) is 0 Å². The summed E-state index contributed by atoms with van der Waals surface area (Å²) in [4.78, 5) is 0. The van der Waals surface area contributed by atoms with E-state index in [-0.39, 0.29) is 6.04 Å². The van der Waals surface area contributed by atoms with Crippen LogP contribution < -0.4 is 5.32 Å². The van der Waals surface area contributed by atoms with Crippen LogP contribution in [0.3, 0.4) is 0 Å². The minimum Gasteiger partial charge on any atom is -0.305 e. The molecule has 1 unspecified atom stereocenters. The van der Waals surface area contributed by atoms with Gasteiger partial charge in [0.05, 0.1) is 11.7 Å². The number of benzene rings is 1. The van der Waals surface area contributed by atoms with Gasteiger partial charge >= 0.3 is 0 Å². The van der Waals surface area contributed by atoms with Crippen molar-refractivity contribution in [3.63, 3.8) is 0 Å². The van der Waals surface area contributed by atoms with E-state index in [1.165, 1.54) is 5.56 Å². The minimum atomic E-state index is 0.110. The predicted octanol–water partition coefficient (Wildman–Crippen LogP) is 3.93. The van der Waals surface area contributed by atoms with Crippen LogP contribution in [0.15, 0.2) is 34.9 Å². The summed E-state index contributed by atoms with van der Waals surface area (Å²) in [6.45, 7) is 3.11. The highest BCUT2D eigenvalue weighted by molar-refractivity contribution is 9.10. The van der Waals surface area contributed by atoms with E-state index >= 15 is 0 Å². The third-order valence-corrected chi connectivity index (χ3v) is 3.95. The van der Waals surface area contributed by atoms with Gasteiger partial charge in [0.1, 0.15) is 0 Å². The second-order valence-electron chi connectivity index (χ2n) is 4.43. The van der Waals surface area contributed by atoms with E-state index in [1.54, 1.807) is 0 Å². The molecule has 2 aromatic rings. The molecule has 0 amide bonds. The Labute approximate surface area is 127 Å². The van der Waals surface area contributed by atoms with Crippen molar-refractivity contribution in [1.82, 2.24) is 15.1 Å². The summed E-state index contributed by atoms with van der Waals surface area (Å²) in [6, 6.07) is 8.03. The first-order valence-corrected chi connectivity index (χ1v) is 7.46. The lowest BCUT2D eigenvalue weighted by atomic mass is 10.0. The summed E-state index contributed by atoms with van der Waals surface area (Å²) in [6.07, 6.45) is 2.90. The first kappa shape index (κ1) is 14.6. The zero-order chi connectivity index (χ0) is 13.8. The van der Waals surface area contributed by atoms with Crippen LogP contribution in [0.2, 0.25) is 5.02 Å². The fourth-order valence-electron chi connectivity index (χ4n) is 2.07. The molecule has 0 saturated carbocycles. The van der Waals surface area contributed by atoms with E-state index in [0.717, 1.165) is 28.2 Å². The maximum Gasteiger partial charge on any atom is 0.0759 e. The maximum atomic E-state index is 6.01. The van der Waals surface area contributed by atoms with Crippen molar-refractivity contribution in [1.29, 1.82) is 0 Å². The van der Waals surface area contributed by atoms with E-state index in [0.29, 0.717) is 0 Å². The Balaban J connectivity index is 2.40. The van der Waals surface area contributed by atoms with Gasteiger partial charge in [0.25, 0.3) is 0 Å². The van der Waals surface area contributed by atoms with E-state index in [9.17, 15) is 0 Å². The fraction of sp³-hybridized carbons (Fsp3) is 0.357. The molecule has 0 fully saturated rings. The van der Waals surface area contributed by atoms with Crippen molar-refractivity contribution in [3.8, 4) is 0 Å². The van der Waals surface area contributed by atoms with Gasteiger partial charge in [-0.2, -0.15) is 5.10 Å². The monoisotopic (exact) mass is 341 g/mol. The van der Waals surface area contributed by atoms with E-state index in [2.05, 4.69) is 33.3 Å². The van der Waals surface area contributed by atoms with Gasteiger partial charge in [-0.05, 0) is 36.7 Å². The molecule has 102 valence electrons. The van der Waals surface area contributed by atoms with E-state index in [1.807, 2.05) is 42.2 Å². The topological polar surface area (TPSA) is 29.9 Å². The molecule has 0 aliphatic carbocycles. The molecule has 5 heteroatoms. The number of rotatable bonds is 5. The molecule has 1 aromatic heterocycles. The lowest BCUT2D eigenvalue weighted by molar-refractivity contribution is 0.552. The Morgan fingerprint density at radius 2 is 2.21 bits per heavy atom. The largest absolute Gasteiger partial charge is 0.305 e. The standard InChI is InChI=1S/C14H17BrClN3/c1-3-7-17-14(13-6-8-18-19(13)2)11-5-4-10(16)9-12(11)15/h4-6,8-9,14,17H,3,7H2,1-2H3. The van der Waals surface area contributed by atoms with Crippen LogP contribution >= 0.6 is 27.5 Å². The lowest BCUT2D eigenvalue weighted by Crippen LogP contribution is -2.25. The van der Waals surface area contributed by atoms with Gasteiger partial charge < -0.3 is 5.32 Å². The van der Waals surface area contributed by atoms with Gasteiger partial charge in [0.15, 0.2) is 0 Å². The van der Waals surface area contributed by atoms with Gasteiger partial charge in [-0.1, -0.05) is 40.5 Å². The Hall–Kier alpha value is -0.840. The SMILES string of the molecule is CCCNC(c1ccc(Cl)cc1Br)c1ccnn1C. The highest BCUT2D eigenvalue weighted by atomic mass is 79.9. The maximum absolute atomic E-state index is 6.01. The summed E-state index contributed by atoms with van der Waals surface area (Å²) >= 11 is 9.61. The average Bonchev–Trinajstić information content (AvgIpc) is 2.78. The van der Waals surface area contributed by atoms with Crippen LogP contribution in [0.5, 0.6) is 0 Å². The van der Waals surface area contributed by atoms with Crippen LogP contribution in [0.4, 0.5) is 0 Å². The summed E-state index contributed by atoms with van der Waals surface area (Å²) in [5, 5.41) is 8.54. The molecule has 1 heterocycles. The van der Waals surface area contributed by atoms with Crippen molar-refractivity contribution < 1.29 is 0 Å². The fourth-order valence-corrected chi connectivity index (χ4v) is 2.98. The predicted molar refractivity (Wildman–Crippen MR) is 82.5 cm³/mol. The Bertz CT molecular complexity index is 553. The van der Waals surface area contributed by atoms with Crippen molar-refractivity contribution in [2.24, 2.45) is 7.05 Å². The van der Waals surface area contributed by atoms with E-state index < -0.39 is 0 Å². The van der Waals surface area contributed by atoms with Crippen molar-refractivity contribution in [2.75, 3.05) is 6.54 Å². The van der Waals surface area contributed by atoms with Crippen molar-refractivity contribution in [3.05, 3.63) is 51.2 Å². The van der Waals surface area contributed by atoms with Gasteiger partial charge in [-0.15, -0.1) is 0 Å². The molecule has 1 aromatic carbocycles. The van der Waals surface area contributed by atoms with Gasteiger partial charge in [0.2, 0.25) is 0 Å². The molecule has 0 aliphatic rings. The molecule has 2 rings (SSSR count). The first-order valence-electron chi connectivity index (χ1n) is 6.29. The summed E-state index contributed by atoms with van der Waals surface area (Å²) in [5.74, 6) is 0. The number of nitrogens with zero attached hydrogens (tertiary/aromatic N) is 2. The molecule has 0 spiro atoms. The highest BCUT2D eigenvalue weighted by Crippen LogP contribution is 2.30. The second kappa shape index (κ2) is 6.55. The van der Waals surface area contributed by atoms with Crippen LogP contribution in [-0.2, 0) is 7.05 Å². The van der Waals surface area contributed by atoms with Gasteiger partial charge in [-0.25, -0.2) is 0 Å². The molecule has 0 saturated heterocycles. The van der Waals surface area contributed by atoms with Crippen LogP contribution in [0.25, 0.3) is 0 Å². The zero-order valence-electron chi connectivity index (χ0n) is 11.0. The molecular formula is C14H17BrClN3. The lowest BCUT2D eigenvalue weighted by Gasteiger charge is -2.20. The number of aromatic nitrogens is 2. The third-order valence-electron chi connectivity index (χ3n) is 3.03. The number of hydrogen-bond acceptors (Lipinski definition) is 2. The van der Waals surface area contributed by atoms with Crippen molar-refractivity contribution >= 4 is 27.5 Å². The van der Waals surface area contributed by atoms with Crippen LogP contribution in [-0.4, -0.2) is 16.3 Å². The molecular weight excluding hydrogens is 326 g/mol. The molecule has 19 heavy (non-hydrogen) atoms. The second-order valence-corrected chi connectivity index (χ2v) is 5.72. The average molecular weight is 343 g/mol. The summed E-state index contributed by atoms with van der Waals surface area (Å²) in [7, 11) is 1.96. The Morgan fingerprint density at radius 1 is 1.42 bits per heavy atom. The number of hydrogen-bond donors (Lipinski definition) is 1. The normalized spacial score (nSPS) is 12.6. The van der Waals surface area contributed by atoms with E-state index in [4.69, 9.17) is 11.6 Å². The van der Waals surface area contributed by atoms with Crippen LogP contribution in [0.1, 0.15) is 30.6 Å². The minimum absolute atomic E-state index is 0.110. The molecule has 3 nitrogen and oxygen atoms in total. The quantitative estimate of drug-likeness (QED) is 0.892. The highest BCUT2D eigenvalue weighted by Gasteiger charge is 2.19. The molecule has 1 atom stereocenters. The van der Waals surface area contributed by atoms with Crippen molar-refractivity contribution in [2.45, 2.75) is 19.4 Å². The Kier molecular flexibility index (Phi) is 5.02. The number of nitrogens with one attached hydrogen (secondary N) is 1. The smallest absolute Gasteiger partial charge is 0.0759 e. The Morgan fingerprint density at radius 3 is 2.79 bits per heavy atom. The first-order chi connectivity index (χ1) is 9.13. The molecule has 0 radical (unpaired) electrons. The number of aryl methyl sites for hydroxylation is 1. The third kappa shape index (κ3) is 3.38. The number of halogens is 2. The molecule has 1 N–H and O–H groups in total. The van der Waals surface area contributed by atoms with Gasteiger partial charge in [0, 0.05) is 22.7 Å². The molecule has 0 bridgehead atoms. The summed E-state index contributed by atoms with van der Waals surface area (Å²) in [5.41, 5.74) is 2.30. The molecule has 0 aliphatic heterocycles. The summed E-state index contributed by atoms with van der Waals surface area (Å²) < 4.78 is 2.91.